The van der Waals surface area contributed by atoms with Crippen molar-refractivity contribution < 1.29 is 0 Å². The van der Waals surface area contributed by atoms with Crippen molar-refractivity contribution in [2.45, 2.75) is 25.8 Å². The zero-order valence-electron chi connectivity index (χ0n) is 15.6. The molecule has 136 valence electrons. The molecule has 2 aliphatic heterocycles. The number of piperidine rings is 1. The Bertz CT molecular complexity index is 1040. The lowest BCUT2D eigenvalue weighted by atomic mass is 9.79. The lowest BCUT2D eigenvalue weighted by Crippen LogP contribution is -2.45. The van der Waals surface area contributed by atoms with Crippen molar-refractivity contribution in [2.75, 3.05) is 13.1 Å². The van der Waals surface area contributed by atoms with Crippen LogP contribution in [-0.2, 0) is 6.54 Å². The van der Waals surface area contributed by atoms with E-state index in [1.807, 2.05) is 18.2 Å². The average Bonchev–Trinajstić information content (AvgIpc) is 2.71. The van der Waals surface area contributed by atoms with Gasteiger partial charge >= 0.3 is 0 Å². The minimum atomic E-state index is 0.171. The first-order chi connectivity index (χ1) is 13.2. The summed E-state index contributed by atoms with van der Waals surface area (Å²) in [6.45, 7) is 4.91. The predicted octanol–water partition coefficient (Wildman–Crippen LogP) is 4.20. The largest absolute Gasteiger partial charge is 0.316 e. The monoisotopic (exact) mass is 356 g/mol. The molecule has 1 fully saturated rings. The fourth-order valence-electron chi connectivity index (χ4n) is 5.01. The molecule has 2 bridgehead atoms. The average molecular weight is 356 g/mol. The molecular formula is C24H24N2O. The van der Waals surface area contributed by atoms with Gasteiger partial charge in [-0.2, -0.15) is 0 Å². The van der Waals surface area contributed by atoms with Crippen molar-refractivity contribution in [1.29, 1.82) is 0 Å². The van der Waals surface area contributed by atoms with Crippen LogP contribution in [-0.4, -0.2) is 17.7 Å². The smallest absolute Gasteiger partial charge is 0.258 e. The number of pyridine rings is 1. The van der Waals surface area contributed by atoms with Crippen LogP contribution in [0, 0.1) is 12.8 Å². The van der Waals surface area contributed by atoms with E-state index in [4.69, 9.17) is 0 Å². The molecule has 3 nitrogen and oxygen atoms in total. The Hall–Kier alpha value is -2.65. The molecule has 0 radical (unpaired) electrons. The maximum absolute atomic E-state index is 13.6. The summed E-state index contributed by atoms with van der Waals surface area (Å²) in [5.74, 6) is 0.952. The van der Waals surface area contributed by atoms with E-state index in [0.29, 0.717) is 11.8 Å². The van der Waals surface area contributed by atoms with Gasteiger partial charge in [0.25, 0.3) is 5.56 Å². The van der Waals surface area contributed by atoms with Crippen LogP contribution in [0.5, 0.6) is 0 Å². The van der Waals surface area contributed by atoms with Gasteiger partial charge in [-0.15, -0.1) is 0 Å². The van der Waals surface area contributed by atoms with E-state index in [1.54, 1.807) is 0 Å². The number of nitrogens with one attached hydrogen (secondary N) is 1. The van der Waals surface area contributed by atoms with Gasteiger partial charge in [0.05, 0.1) is 5.56 Å². The summed E-state index contributed by atoms with van der Waals surface area (Å²) in [5.41, 5.74) is 6.83. The van der Waals surface area contributed by atoms with E-state index in [-0.39, 0.29) is 5.56 Å². The van der Waals surface area contributed by atoms with Gasteiger partial charge in [-0.25, -0.2) is 0 Å². The molecule has 3 heteroatoms. The van der Waals surface area contributed by atoms with Crippen molar-refractivity contribution in [2.24, 2.45) is 5.92 Å². The summed E-state index contributed by atoms with van der Waals surface area (Å²) >= 11 is 0. The topological polar surface area (TPSA) is 34.0 Å². The van der Waals surface area contributed by atoms with Gasteiger partial charge in [-0.1, -0.05) is 60.7 Å². The predicted molar refractivity (Wildman–Crippen MR) is 110 cm³/mol. The molecule has 2 aromatic carbocycles. The molecule has 1 N–H and O–H groups in total. The fraction of sp³-hybridized carbons (Fsp3) is 0.292. The molecule has 0 aliphatic carbocycles. The summed E-state index contributed by atoms with van der Waals surface area (Å²) in [7, 11) is 0. The van der Waals surface area contributed by atoms with Gasteiger partial charge < -0.3 is 9.88 Å². The summed E-state index contributed by atoms with van der Waals surface area (Å²) in [6, 6.07) is 20.7. The zero-order chi connectivity index (χ0) is 18.4. The van der Waals surface area contributed by atoms with Crippen molar-refractivity contribution in [3.8, 4) is 22.3 Å². The Kier molecular flexibility index (Phi) is 3.98. The second-order valence-electron chi connectivity index (χ2n) is 7.86. The summed E-state index contributed by atoms with van der Waals surface area (Å²) in [6.07, 6.45) is 1.18. The van der Waals surface area contributed by atoms with Crippen LogP contribution in [0.1, 0.15) is 23.6 Å². The molecule has 0 amide bonds. The van der Waals surface area contributed by atoms with E-state index < -0.39 is 0 Å². The number of hydrogen-bond acceptors (Lipinski definition) is 2. The van der Waals surface area contributed by atoms with Crippen LogP contribution >= 0.6 is 0 Å². The molecule has 0 spiro atoms. The molecule has 0 saturated carbocycles. The van der Waals surface area contributed by atoms with Crippen molar-refractivity contribution in [1.82, 2.24) is 9.88 Å². The molecule has 1 saturated heterocycles. The third-order valence-electron chi connectivity index (χ3n) is 6.15. The second kappa shape index (κ2) is 6.50. The van der Waals surface area contributed by atoms with E-state index in [0.717, 1.165) is 36.3 Å². The van der Waals surface area contributed by atoms with Gasteiger partial charge in [-0.3, -0.25) is 4.79 Å². The Morgan fingerprint density at radius 2 is 1.52 bits per heavy atom. The zero-order valence-corrected chi connectivity index (χ0v) is 15.6. The van der Waals surface area contributed by atoms with E-state index in [9.17, 15) is 4.79 Å². The van der Waals surface area contributed by atoms with Crippen molar-refractivity contribution in [3.05, 3.63) is 82.3 Å². The van der Waals surface area contributed by atoms with E-state index >= 15 is 0 Å². The molecule has 1 aromatic heterocycles. The van der Waals surface area contributed by atoms with Gasteiger partial charge in [0.1, 0.15) is 0 Å². The molecule has 3 aromatic rings. The second-order valence-corrected chi connectivity index (χ2v) is 7.86. The highest BCUT2D eigenvalue weighted by atomic mass is 16.1. The normalized spacial score (nSPS) is 20.9. The molecule has 5 rings (SSSR count). The highest BCUT2D eigenvalue weighted by molar-refractivity contribution is 5.79. The number of rotatable bonds is 2. The maximum Gasteiger partial charge on any atom is 0.258 e. The van der Waals surface area contributed by atoms with Crippen molar-refractivity contribution >= 4 is 0 Å². The van der Waals surface area contributed by atoms with Gasteiger partial charge in [-0.05, 0) is 42.5 Å². The first-order valence-electron chi connectivity index (χ1n) is 9.83. The number of fused-ring (bicyclic) bond motifs is 4. The number of benzene rings is 2. The summed E-state index contributed by atoms with van der Waals surface area (Å²) < 4.78 is 2.09. The third kappa shape index (κ3) is 2.65. The Morgan fingerprint density at radius 3 is 2.19 bits per heavy atom. The number of nitrogens with zero attached hydrogens (tertiary/aromatic N) is 1. The summed E-state index contributed by atoms with van der Waals surface area (Å²) in [4.78, 5) is 13.6. The summed E-state index contributed by atoms with van der Waals surface area (Å²) in [5, 5.41) is 3.58. The number of aromatic nitrogens is 1. The highest BCUT2D eigenvalue weighted by Crippen LogP contribution is 2.41. The third-order valence-corrected chi connectivity index (χ3v) is 6.15. The first-order valence-corrected chi connectivity index (χ1v) is 9.83. The quantitative estimate of drug-likeness (QED) is 0.747. The van der Waals surface area contributed by atoms with Crippen LogP contribution in [0.3, 0.4) is 0 Å². The van der Waals surface area contributed by atoms with Gasteiger partial charge in [0.15, 0.2) is 0 Å². The minimum Gasteiger partial charge on any atom is -0.316 e. The molecule has 27 heavy (non-hydrogen) atoms. The molecule has 2 atom stereocenters. The van der Waals surface area contributed by atoms with Crippen LogP contribution < -0.4 is 10.9 Å². The lowest BCUT2D eigenvalue weighted by Gasteiger charge is -2.39. The Morgan fingerprint density at radius 1 is 0.889 bits per heavy atom. The van der Waals surface area contributed by atoms with Crippen molar-refractivity contribution in [3.63, 3.8) is 0 Å². The van der Waals surface area contributed by atoms with E-state index in [1.165, 1.54) is 23.2 Å². The van der Waals surface area contributed by atoms with Gasteiger partial charge in [0, 0.05) is 30.3 Å². The maximum atomic E-state index is 13.6. The van der Waals surface area contributed by atoms with Crippen LogP contribution in [0.2, 0.25) is 0 Å². The van der Waals surface area contributed by atoms with E-state index in [2.05, 4.69) is 59.3 Å². The fourth-order valence-corrected chi connectivity index (χ4v) is 5.01. The SMILES string of the molecule is Cc1c(-c2ccccc2)c2n(c(=O)c1-c1ccccc1)CC1CNCC2C1. The number of hydrogen-bond donors (Lipinski definition) is 1. The molecule has 2 unspecified atom stereocenters. The highest BCUT2D eigenvalue weighted by Gasteiger charge is 2.35. The lowest BCUT2D eigenvalue weighted by molar-refractivity contribution is 0.258. The Labute approximate surface area is 159 Å². The molecule has 2 aliphatic rings. The standard InChI is InChI=1S/C24H24N2O/c1-16-21(18-8-4-2-5-9-18)23-20-12-17(13-25-14-20)15-26(23)24(27)22(16)19-10-6-3-7-11-19/h2-11,17,20,25H,12-15H2,1H3. The van der Waals surface area contributed by atoms with Gasteiger partial charge in [0.2, 0.25) is 0 Å². The van der Waals surface area contributed by atoms with Crippen LogP contribution in [0.4, 0.5) is 0 Å². The Balaban J connectivity index is 1.86. The van der Waals surface area contributed by atoms with Crippen LogP contribution in [0.15, 0.2) is 65.5 Å². The minimum absolute atomic E-state index is 0.171. The van der Waals surface area contributed by atoms with Crippen LogP contribution in [0.25, 0.3) is 22.3 Å². The molecule has 3 heterocycles. The molecular weight excluding hydrogens is 332 g/mol. The first kappa shape index (κ1) is 16.5.